The quantitative estimate of drug-likeness (QED) is 0.817. The van der Waals surface area contributed by atoms with Gasteiger partial charge in [-0.3, -0.25) is 4.72 Å². The second kappa shape index (κ2) is 7.87. The van der Waals surface area contributed by atoms with Gasteiger partial charge in [-0.1, -0.05) is 6.07 Å². The molecule has 2 aromatic rings. The van der Waals surface area contributed by atoms with Gasteiger partial charge in [0.05, 0.1) is 6.61 Å². The Bertz CT molecular complexity index is 831. The van der Waals surface area contributed by atoms with E-state index < -0.39 is 10.0 Å². The van der Waals surface area contributed by atoms with Gasteiger partial charge in [0.2, 0.25) is 0 Å². The van der Waals surface area contributed by atoms with Crippen molar-refractivity contribution < 1.29 is 17.9 Å². The van der Waals surface area contributed by atoms with E-state index in [-0.39, 0.29) is 16.1 Å². The highest BCUT2D eigenvalue weighted by molar-refractivity contribution is 7.94. The molecule has 0 aliphatic carbocycles. The largest absolute Gasteiger partial charge is 0.450 e. The van der Waals surface area contributed by atoms with Crippen LogP contribution in [-0.4, -0.2) is 62.4 Å². The zero-order valence-electron chi connectivity index (χ0n) is 14.2. The van der Waals surface area contributed by atoms with Gasteiger partial charge in [0.1, 0.15) is 4.21 Å². The maximum atomic E-state index is 12.2. The van der Waals surface area contributed by atoms with Crippen molar-refractivity contribution in [3.05, 3.63) is 29.6 Å². The fraction of sp³-hybridized carbons (Fsp3) is 0.400. The summed E-state index contributed by atoms with van der Waals surface area (Å²) in [6, 6.07) is 6.48. The first kappa shape index (κ1) is 18.4. The number of rotatable bonds is 5. The van der Waals surface area contributed by atoms with Crippen molar-refractivity contribution in [3.8, 4) is 0 Å². The Balaban J connectivity index is 1.59. The average Bonchev–Trinajstić information content (AvgIpc) is 3.18. The molecule has 9 nitrogen and oxygen atoms in total. The van der Waals surface area contributed by atoms with Crippen molar-refractivity contribution in [3.63, 3.8) is 0 Å². The highest BCUT2D eigenvalue weighted by Gasteiger charge is 2.23. The highest BCUT2D eigenvalue weighted by atomic mass is 32.2. The summed E-state index contributed by atoms with van der Waals surface area (Å²) in [5.74, 6) is 0.792. The third-order valence-electron chi connectivity index (χ3n) is 3.78. The molecule has 26 heavy (non-hydrogen) atoms. The SMILES string of the molecule is CCOC(=O)N1CCN(c2ccc(NS(=O)(=O)c3cccs3)nn2)CC1. The monoisotopic (exact) mass is 397 g/mol. The molecule has 1 N–H and O–H groups in total. The molecule has 140 valence electrons. The van der Waals surface area contributed by atoms with Crippen LogP contribution in [-0.2, 0) is 14.8 Å². The number of piperazine rings is 1. The zero-order valence-corrected chi connectivity index (χ0v) is 15.8. The third-order valence-corrected chi connectivity index (χ3v) is 6.53. The smallest absolute Gasteiger partial charge is 0.409 e. The molecule has 0 radical (unpaired) electrons. The summed E-state index contributed by atoms with van der Waals surface area (Å²) in [5.41, 5.74) is 0. The lowest BCUT2D eigenvalue weighted by atomic mass is 10.3. The van der Waals surface area contributed by atoms with Gasteiger partial charge in [0.15, 0.2) is 11.6 Å². The number of nitrogens with one attached hydrogen (secondary N) is 1. The first-order valence-electron chi connectivity index (χ1n) is 8.06. The second-order valence-electron chi connectivity index (χ2n) is 5.49. The van der Waals surface area contributed by atoms with Gasteiger partial charge in [-0.15, -0.1) is 21.5 Å². The Morgan fingerprint density at radius 3 is 2.58 bits per heavy atom. The van der Waals surface area contributed by atoms with E-state index in [4.69, 9.17) is 4.74 Å². The predicted octanol–water partition coefficient (Wildman–Crippen LogP) is 1.62. The zero-order chi connectivity index (χ0) is 18.6. The summed E-state index contributed by atoms with van der Waals surface area (Å²) in [6.07, 6.45) is -0.309. The standard InChI is InChI=1S/C15H19N5O4S2/c1-2-24-15(21)20-9-7-19(8-10-20)13-6-5-12(16-17-13)18-26(22,23)14-4-3-11-25-14/h3-6,11H,2,7-10H2,1H3,(H,16,18). The fourth-order valence-electron chi connectivity index (χ4n) is 2.49. The van der Waals surface area contributed by atoms with Crippen LogP contribution in [0, 0.1) is 0 Å². The van der Waals surface area contributed by atoms with E-state index in [9.17, 15) is 13.2 Å². The molecule has 0 spiro atoms. The van der Waals surface area contributed by atoms with Crippen molar-refractivity contribution in [1.82, 2.24) is 15.1 Å². The topological polar surface area (TPSA) is 105 Å². The maximum absolute atomic E-state index is 12.2. The van der Waals surface area contributed by atoms with Crippen LogP contribution in [0.2, 0.25) is 0 Å². The molecule has 1 fully saturated rings. The lowest BCUT2D eigenvalue weighted by Crippen LogP contribution is -2.49. The Kier molecular flexibility index (Phi) is 5.57. The lowest BCUT2D eigenvalue weighted by molar-refractivity contribution is 0.105. The molecule has 1 saturated heterocycles. The number of carbonyl (C=O) groups is 1. The number of hydrogen-bond acceptors (Lipinski definition) is 8. The van der Waals surface area contributed by atoms with Gasteiger partial charge in [-0.2, -0.15) is 0 Å². The van der Waals surface area contributed by atoms with Crippen molar-refractivity contribution in [2.75, 3.05) is 42.4 Å². The van der Waals surface area contributed by atoms with E-state index in [1.165, 1.54) is 6.07 Å². The van der Waals surface area contributed by atoms with Gasteiger partial charge in [-0.05, 0) is 30.5 Å². The number of sulfonamides is 1. The molecule has 0 atom stereocenters. The number of hydrogen-bond donors (Lipinski definition) is 1. The highest BCUT2D eigenvalue weighted by Crippen LogP contribution is 2.20. The van der Waals surface area contributed by atoms with Crippen LogP contribution in [0.1, 0.15) is 6.92 Å². The Morgan fingerprint density at radius 2 is 2.00 bits per heavy atom. The molecule has 1 aliphatic rings. The molecule has 11 heteroatoms. The van der Waals surface area contributed by atoms with Crippen LogP contribution < -0.4 is 9.62 Å². The van der Waals surface area contributed by atoms with Gasteiger partial charge in [0.25, 0.3) is 10.0 Å². The van der Waals surface area contributed by atoms with Crippen LogP contribution in [0.3, 0.4) is 0 Å². The minimum atomic E-state index is -3.64. The number of ether oxygens (including phenoxy) is 1. The van der Waals surface area contributed by atoms with E-state index in [1.54, 1.807) is 35.4 Å². The van der Waals surface area contributed by atoms with Gasteiger partial charge >= 0.3 is 6.09 Å². The van der Waals surface area contributed by atoms with Crippen molar-refractivity contribution in [1.29, 1.82) is 0 Å². The van der Waals surface area contributed by atoms with E-state index in [0.29, 0.717) is 38.6 Å². The molecular formula is C15H19N5O4S2. The van der Waals surface area contributed by atoms with Crippen LogP contribution in [0.4, 0.5) is 16.4 Å². The molecule has 0 bridgehead atoms. The summed E-state index contributed by atoms with van der Waals surface area (Å²) in [7, 11) is -3.64. The summed E-state index contributed by atoms with van der Waals surface area (Å²) in [4.78, 5) is 15.3. The number of carbonyl (C=O) groups excluding carboxylic acids is 1. The number of aromatic nitrogens is 2. The summed E-state index contributed by atoms with van der Waals surface area (Å²) >= 11 is 1.13. The van der Waals surface area contributed by atoms with Crippen molar-refractivity contribution in [2.24, 2.45) is 0 Å². The number of amides is 1. The van der Waals surface area contributed by atoms with Crippen molar-refractivity contribution in [2.45, 2.75) is 11.1 Å². The Labute approximate surface area is 155 Å². The molecule has 0 unspecified atom stereocenters. The minimum Gasteiger partial charge on any atom is -0.450 e. The van der Waals surface area contributed by atoms with E-state index in [1.807, 2.05) is 4.90 Å². The van der Waals surface area contributed by atoms with E-state index in [2.05, 4.69) is 14.9 Å². The summed E-state index contributed by atoms with van der Waals surface area (Å²) < 4.78 is 32.0. The minimum absolute atomic E-state index is 0.160. The molecule has 3 heterocycles. The van der Waals surface area contributed by atoms with Gasteiger partial charge in [-0.25, -0.2) is 13.2 Å². The third kappa shape index (κ3) is 4.22. The molecule has 2 aromatic heterocycles. The van der Waals surface area contributed by atoms with E-state index >= 15 is 0 Å². The summed E-state index contributed by atoms with van der Waals surface area (Å²) in [6.45, 7) is 4.41. The molecule has 0 aromatic carbocycles. The average molecular weight is 397 g/mol. The maximum Gasteiger partial charge on any atom is 0.409 e. The number of thiophene rings is 1. The number of anilines is 2. The Morgan fingerprint density at radius 1 is 1.23 bits per heavy atom. The van der Waals surface area contributed by atoms with Crippen LogP contribution in [0.25, 0.3) is 0 Å². The first-order valence-corrected chi connectivity index (χ1v) is 10.4. The Hall–Kier alpha value is -2.40. The first-order chi connectivity index (χ1) is 12.5. The normalized spacial score (nSPS) is 15.0. The fourth-order valence-corrected chi connectivity index (χ4v) is 4.47. The lowest BCUT2D eigenvalue weighted by Gasteiger charge is -2.34. The van der Waals surface area contributed by atoms with E-state index in [0.717, 1.165) is 11.3 Å². The molecular weight excluding hydrogens is 378 g/mol. The van der Waals surface area contributed by atoms with Crippen LogP contribution in [0.5, 0.6) is 0 Å². The van der Waals surface area contributed by atoms with Crippen molar-refractivity contribution >= 4 is 39.1 Å². The molecule has 0 saturated carbocycles. The molecule has 3 rings (SSSR count). The molecule has 1 aliphatic heterocycles. The number of nitrogens with zero attached hydrogens (tertiary/aromatic N) is 4. The summed E-state index contributed by atoms with van der Waals surface area (Å²) in [5, 5.41) is 9.74. The van der Waals surface area contributed by atoms with Gasteiger partial charge < -0.3 is 14.5 Å². The molecule has 1 amide bonds. The second-order valence-corrected chi connectivity index (χ2v) is 8.34. The predicted molar refractivity (Wildman–Crippen MR) is 98.0 cm³/mol. The van der Waals surface area contributed by atoms with Gasteiger partial charge in [0, 0.05) is 26.2 Å². The van der Waals surface area contributed by atoms with Crippen LogP contribution in [0.15, 0.2) is 33.9 Å². The van der Waals surface area contributed by atoms with Crippen LogP contribution >= 0.6 is 11.3 Å².